The molecule has 1 aromatic carbocycles. The van der Waals surface area contributed by atoms with Crippen LogP contribution in [0.2, 0.25) is 0 Å². The molecule has 1 aliphatic rings. The molecule has 2 rings (SSSR count). The molecule has 0 saturated heterocycles. The molecule has 1 aromatic rings. The number of nitrogens with one attached hydrogen (secondary N) is 1. The number of nitriles is 1. The van der Waals surface area contributed by atoms with E-state index >= 15 is 0 Å². The highest BCUT2D eigenvalue weighted by molar-refractivity contribution is 5.55. The van der Waals surface area contributed by atoms with Gasteiger partial charge in [0.05, 0.1) is 23.8 Å². The number of anilines is 1. The van der Waals surface area contributed by atoms with E-state index in [9.17, 15) is 5.11 Å². The van der Waals surface area contributed by atoms with E-state index < -0.39 is 0 Å². The maximum absolute atomic E-state index is 9.55. The molecule has 0 atom stereocenters. The van der Waals surface area contributed by atoms with Gasteiger partial charge in [0.1, 0.15) is 0 Å². The van der Waals surface area contributed by atoms with Crippen LogP contribution >= 0.6 is 0 Å². The average Bonchev–Trinajstić information content (AvgIpc) is 2.81. The van der Waals surface area contributed by atoms with E-state index in [2.05, 4.69) is 11.4 Å². The summed E-state index contributed by atoms with van der Waals surface area (Å²) in [5.74, 6) is 0. The molecule has 1 aliphatic carbocycles. The van der Waals surface area contributed by atoms with E-state index in [0.29, 0.717) is 5.56 Å². The molecule has 0 aromatic heterocycles. The fourth-order valence-electron chi connectivity index (χ4n) is 2.53. The molecule has 0 spiro atoms. The molecule has 0 heterocycles. The van der Waals surface area contributed by atoms with Crippen LogP contribution in [0, 0.1) is 18.3 Å². The Kier molecular flexibility index (Phi) is 3.35. The van der Waals surface area contributed by atoms with Gasteiger partial charge in [0, 0.05) is 5.69 Å². The summed E-state index contributed by atoms with van der Waals surface area (Å²) in [6.45, 7) is 2.16. The van der Waals surface area contributed by atoms with E-state index in [1.165, 1.54) is 12.8 Å². The molecule has 0 unspecified atom stereocenters. The van der Waals surface area contributed by atoms with Crippen molar-refractivity contribution in [3.8, 4) is 6.07 Å². The maximum Gasteiger partial charge on any atom is 0.0991 e. The molecule has 0 bridgehead atoms. The number of benzene rings is 1. The summed E-state index contributed by atoms with van der Waals surface area (Å²) >= 11 is 0. The second kappa shape index (κ2) is 4.77. The first-order valence-electron chi connectivity index (χ1n) is 6.09. The first-order valence-corrected chi connectivity index (χ1v) is 6.09. The second-order valence-corrected chi connectivity index (χ2v) is 4.91. The molecule has 1 saturated carbocycles. The minimum atomic E-state index is -0.154. The zero-order chi connectivity index (χ0) is 12.3. The standard InChI is InChI=1S/C14H18N2O/c1-11-8-12(9-15)4-5-13(11)16-14(10-17)6-2-3-7-14/h4-5,8,16-17H,2-3,6-7,10H2,1H3. The van der Waals surface area contributed by atoms with Crippen molar-refractivity contribution in [2.45, 2.75) is 38.1 Å². The van der Waals surface area contributed by atoms with Gasteiger partial charge >= 0.3 is 0 Å². The Morgan fingerprint density at radius 1 is 1.41 bits per heavy atom. The van der Waals surface area contributed by atoms with E-state index in [4.69, 9.17) is 5.26 Å². The van der Waals surface area contributed by atoms with Crippen molar-refractivity contribution in [1.82, 2.24) is 0 Å². The van der Waals surface area contributed by atoms with Crippen LogP contribution in [0.1, 0.15) is 36.8 Å². The Bertz CT molecular complexity index is 442. The molecule has 17 heavy (non-hydrogen) atoms. The van der Waals surface area contributed by atoms with Gasteiger partial charge in [-0.05, 0) is 43.5 Å². The molecule has 2 N–H and O–H groups in total. The van der Waals surface area contributed by atoms with Gasteiger partial charge in [0.2, 0.25) is 0 Å². The third kappa shape index (κ3) is 2.42. The van der Waals surface area contributed by atoms with Gasteiger partial charge < -0.3 is 10.4 Å². The lowest BCUT2D eigenvalue weighted by atomic mass is 9.97. The van der Waals surface area contributed by atoms with Crippen LogP contribution in [-0.4, -0.2) is 17.3 Å². The van der Waals surface area contributed by atoms with Crippen molar-refractivity contribution < 1.29 is 5.11 Å². The molecule has 0 radical (unpaired) electrons. The van der Waals surface area contributed by atoms with Crippen LogP contribution in [-0.2, 0) is 0 Å². The summed E-state index contributed by atoms with van der Waals surface area (Å²) in [5.41, 5.74) is 2.61. The third-order valence-electron chi connectivity index (χ3n) is 3.62. The molecule has 3 nitrogen and oxygen atoms in total. The molecule has 0 amide bonds. The zero-order valence-corrected chi connectivity index (χ0v) is 10.2. The highest BCUT2D eigenvalue weighted by Crippen LogP contribution is 2.33. The highest BCUT2D eigenvalue weighted by atomic mass is 16.3. The summed E-state index contributed by atoms with van der Waals surface area (Å²) in [6.07, 6.45) is 4.37. The van der Waals surface area contributed by atoms with Gasteiger partial charge in [-0.15, -0.1) is 0 Å². The van der Waals surface area contributed by atoms with Gasteiger partial charge in [0.15, 0.2) is 0 Å². The van der Waals surface area contributed by atoms with E-state index in [0.717, 1.165) is 24.1 Å². The Morgan fingerprint density at radius 3 is 2.65 bits per heavy atom. The van der Waals surface area contributed by atoms with Crippen LogP contribution in [0.3, 0.4) is 0 Å². The van der Waals surface area contributed by atoms with Crippen molar-refractivity contribution in [2.24, 2.45) is 0 Å². The lowest BCUT2D eigenvalue weighted by Crippen LogP contribution is -2.39. The van der Waals surface area contributed by atoms with E-state index in [-0.39, 0.29) is 12.1 Å². The van der Waals surface area contributed by atoms with Gasteiger partial charge in [-0.1, -0.05) is 12.8 Å². The minimum absolute atomic E-state index is 0.154. The SMILES string of the molecule is Cc1cc(C#N)ccc1NC1(CO)CCCC1. The van der Waals surface area contributed by atoms with Gasteiger partial charge in [-0.25, -0.2) is 0 Å². The van der Waals surface area contributed by atoms with Crippen LogP contribution in [0.4, 0.5) is 5.69 Å². The summed E-state index contributed by atoms with van der Waals surface area (Å²) in [5, 5.41) is 21.8. The van der Waals surface area contributed by atoms with Crippen LogP contribution in [0.15, 0.2) is 18.2 Å². The lowest BCUT2D eigenvalue weighted by molar-refractivity contribution is 0.214. The first-order chi connectivity index (χ1) is 8.19. The van der Waals surface area contributed by atoms with Crippen molar-refractivity contribution in [2.75, 3.05) is 11.9 Å². The number of aryl methyl sites for hydroxylation is 1. The Hall–Kier alpha value is -1.53. The van der Waals surface area contributed by atoms with Gasteiger partial charge in [-0.2, -0.15) is 5.26 Å². The predicted molar refractivity (Wildman–Crippen MR) is 67.8 cm³/mol. The van der Waals surface area contributed by atoms with Crippen molar-refractivity contribution in [3.63, 3.8) is 0 Å². The number of rotatable bonds is 3. The van der Waals surface area contributed by atoms with Crippen molar-refractivity contribution in [1.29, 1.82) is 5.26 Å². The molecular weight excluding hydrogens is 212 g/mol. The largest absolute Gasteiger partial charge is 0.394 e. The number of hydrogen-bond acceptors (Lipinski definition) is 3. The second-order valence-electron chi connectivity index (χ2n) is 4.91. The molecular formula is C14H18N2O. The first kappa shape index (κ1) is 11.9. The number of nitrogens with zero attached hydrogens (tertiary/aromatic N) is 1. The summed E-state index contributed by atoms with van der Waals surface area (Å²) in [6, 6.07) is 7.76. The van der Waals surface area contributed by atoms with Crippen LogP contribution in [0.25, 0.3) is 0 Å². The maximum atomic E-state index is 9.55. The minimum Gasteiger partial charge on any atom is -0.394 e. The van der Waals surface area contributed by atoms with Gasteiger partial charge in [-0.3, -0.25) is 0 Å². The van der Waals surface area contributed by atoms with Crippen molar-refractivity contribution in [3.05, 3.63) is 29.3 Å². The van der Waals surface area contributed by atoms with Crippen molar-refractivity contribution >= 4 is 5.69 Å². The summed E-state index contributed by atoms with van der Waals surface area (Å²) < 4.78 is 0. The molecule has 90 valence electrons. The average molecular weight is 230 g/mol. The van der Waals surface area contributed by atoms with Gasteiger partial charge in [0.25, 0.3) is 0 Å². The number of aliphatic hydroxyl groups excluding tert-OH is 1. The Balaban J connectivity index is 2.21. The smallest absolute Gasteiger partial charge is 0.0991 e. The fourth-order valence-corrected chi connectivity index (χ4v) is 2.53. The summed E-state index contributed by atoms with van der Waals surface area (Å²) in [7, 11) is 0. The number of hydrogen-bond donors (Lipinski definition) is 2. The Labute approximate surface area is 102 Å². The summed E-state index contributed by atoms with van der Waals surface area (Å²) in [4.78, 5) is 0. The Morgan fingerprint density at radius 2 is 2.12 bits per heavy atom. The zero-order valence-electron chi connectivity index (χ0n) is 10.2. The predicted octanol–water partition coefficient (Wildman–Crippen LogP) is 2.58. The van der Waals surface area contributed by atoms with E-state index in [1.54, 1.807) is 0 Å². The number of aliphatic hydroxyl groups is 1. The fraction of sp³-hybridized carbons (Fsp3) is 0.500. The monoisotopic (exact) mass is 230 g/mol. The highest BCUT2D eigenvalue weighted by Gasteiger charge is 2.33. The third-order valence-corrected chi connectivity index (χ3v) is 3.62. The molecule has 0 aliphatic heterocycles. The molecule has 1 fully saturated rings. The van der Waals surface area contributed by atoms with Crippen LogP contribution in [0.5, 0.6) is 0 Å². The molecule has 3 heteroatoms. The quantitative estimate of drug-likeness (QED) is 0.839. The normalized spacial score (nSPS) is 17.7. The van der Waals surface area contributed by atoms with Crippen LogP contribution < -0.4 is 5.32 Å². The lowest BCUT2D eigenvalue weighted by Gasteiger charge is -2.30. The topological polar surface area (TPSA) is 56.0 Å². The van der Waals surface area contributed by atoms with E-state index in [1.807, 2.05) is 25.1 Å².